The minimum absolute atomic E-state index is 0.0386. The fourth-order valence-corrected chi connectivity index (χ4v) is 4.57. The molecule has 3 rings (SSSR count). The highest BCUT2D eigenvalue weighted by Crippen LogP contribution is 2.38. The predicted molar refractivity (Wildman–Crippen MR) is 100 cm³/mol. The first-order valence-corrected chi connectivity index (χ1v) is 9.42. The molecule has 1 saturated heterocycles. The van der Waals surface area contributed by atoms with Crippen molar-refractivity contribution in [1.82, 2.24) is 14.8 Å². The van der Waals surface area contributed by atoms with Crippen molar-refractivity contribution < 1.29 is 9.59 Å². The van der Waals surface area contributed by atoms with Crippen LogP contribution in [0.4, 0.5) is 0 Å². The summed E-state index contributed by atoms with van der Waals surface area (Å²) in [5.41, 5.74) is 1.31. The number of halogens is 2. The van der Waals surface area contributed by atoms with Crippen molar-refractivity contribution in [2.75, 3.05) is 26.2 Å². The van der Waals surface area contributed by atoms with Gasteiger partial charge in [-0.05, 0) is 19.1 Å². The zero-order valence-electron chi connectivity index (χ0n) is 13.9. The summed E-state index contributed by atoms with van der Waals surface area (Å²) >= 11 is 13.8. The summed E-state index contributed by atoms with van der Waals surface area (Å²) in [4.78, 5) is 32.8. The molecule has 2 aromatic rings. The van der Waals surface area contributed by atoms with Gasteiger partial charge in [-0.3, -0.25) is 9.59 Å². The van der Waals surface area contributed by atoms with Crippen LogP contribution in [-0.4, -0.2) is 52.8 Å². The minimum atomic E-state index is -0.0624. The van der Waals surface area contributed by atoms with Gasteiger partial charge in [0, 0.05) is 38.7 Å². The lowest BCUT2D eigenvalue weighted by atomic mass is 10.2. The molecule has 5 nitrogen and oxygen atoms in total. The third kappa shape index (κ3) is 3.66. The molecule has 0 spiro atoms. The number of hydrogen-bond acceptors (Lipinski definition) is 4. The van der Waals surface area contributed by atoms with E-state index in [9.17, 15) is 9.59 Å². The Kier molecular flexibility index (Phi) is 5.32. The van der Waals surface area contributed by atoms with Crippen molar-refractivity contribution in [3.05, 3.63) is 38.8 Å². The molecule has 1 fully saturated rings. The molecule has 0 aliphatic carbocycles. The summed E-state index contributed by atoms with van der Waals surface area (Å²) in [6, 6.07) is 5.28. The van der Waals surface area contributed by atoms with Crippen LogP contribution in [0.5, 0.6) is 0 Å². The largest absolute Gasteiger partial charge is 0.339 e. The van der Waals surface area contributed by atoms with Crippen LogP contribution in [-0.2, 0) is 4.79 Å². The van der Waals surface area contributed by atoms with E-state index in [1.54, 1.807) is 34.9 Å². The lowest BCUT2D eigenvalue weighted by Gasteiger charge is -2.34. The molecule has 0 atom stereocenters. The Labute approximate surface area is 160 Å². The number of thiazole rings is 1. The number of aryl methyl sites for hydroxylation is 1. The average molecular weight is 398 g/mol. The second kappa shape index (κ2) is 7.32. The Balaban J connectivity index is 1.84. The van der Waals surface area contributed by atoms with E-state index in [2.05, 4.69) is 4.98 Å². The van der Waals surface area contributed by atoms with Gasteiger partial charge in [0.05, 0.1) is 15.7 Å². The van der Waals surface area contributed by atoms with Crippen LogP contribution in [0.2, 0.25) is 10.0 Å². The Morgan fingerprint density at radius 2 is 1.64 bits per heavy atom. The van der Waals surface area contributed by atoms with Gasteiger partial charge >= 0.3 is 0 Å². The Bertz CT molecular complexity index is 809. The quantitative estimate of drug-likeness (QED) is 0.775. The van der Waals surface area contributed by atoms with Crippen LogP contribution >= 0.6 is 34.5 Å². The summed E-state index contributed by atoms with van der Waals surface area (Å²) in [5, 5.41) is 1.66. The second-order valence-corrected chi connectivity index (χ2v) is 7.64. The second-order valence-electron chi connectivity index (χ2n) is 5.83. The molecule has 1 aliphatic heterocycles. The van der Waals surface area contributed by atoms with E-state index < -0.39 is 0 Å². The lowest BCUT2D eigenvalue weighted by molar-refractivity contribution is -0.130. The van der Waals surface area contributed by atoms with Crippen molar-refractivity contribution in [1.29, 1.82) is 0 Å². The number of amides is 2. The molecule has 1 aromatic carbocycles. The molecule has 132 valence electrons. The van der Waals surface area contributed by atoms with E-state index in [1.165, 1.54) is 11.3 Å². The van der Waals surface area contributed by atoms with Gasteiger partial charge in [-0.25, -0.2) is 4.98 Å². The van der Waals surface area contributed by atoms with Crippen LogP contribution < -0.4 is 0 Å². The van der Waals surface area contributed by atoms with E-state index in [0.717, 1.165) is 0 Å². The van der Waals surface area contributed by atoms with E-state index in [-0.39, 0.29) is 11.8 Å². The normalized spacial score (nSPS) is 14.7. The zero-order valence-corrected chi connectivity index (χ0v) is 16.2. The molecule has 1 aliphatic rings. The molecular weight excluding hydrogens is 381 g/mol. The van der Waals surface area contributed by atoms with Gasteiger partial charge in [0.1, 0.15) is 9.88 Å². The van der Waals surface area contributed by atoms with Crippen molar-refractivity contribution in [2.45, 2.75) is 13.8 Å². The number of carbonyl (C=O) groups is 2. The number of benzene rings is 1. The van der Waals surface area contributed by atoms with Crippen LogP contribution in [0.3, 0.4) is 0 Å². The van der Waals surface area contributed by atoms with Gasteiger partial charge in [-0.15, -0.1) is 11.3 Å². The molecule has 2 amide bonds. The minimum Gasteiger partial charge on any atom is -0.339 e. The first-order valence-electron chi connectivity index (χ1n) is 7.85. The van der Waals surface area contributed by atoms with Gasteiger partial charge in [-0.1, -0.05) is 29.3 Å². The van der Waals surface area contributed by atoms with Gasteiger partial charge in [0.2, 0.25) is 5.91 Å². The lowest BCUT2D eigenvalue weighted by Crippen LogP contribution is -2.50. The van der Waals surface area contributed by atoms with E-state index in [1.807, 2.05) is 6.92 Å². The third-order valence-electron chi connectivity index (χ3n) is 4.18. The Hall–Kier alpha value is -1.63. The first kappa shape index (κ1) is 18.2. The number of nitrogens with zero attached hydrogens (tertiary/aromatic N) is 3. The van der Waals surface area contributed by atoms with Crippen molar-refractivity contribution >= 4 is 46.4 Å². The fraction of sp³-hybridized carbons (Fsp3) is 0.353. The monoisotopic (exact) mass is 397 g/mol. The number of aromatic nitrogens is 1. The molecule has 0 radical (unpaired) electrons. The zero-order chi connectivity index (χ0) is 18.1. The molecule has 0 bridgehead atoms. The van der Waals surface area contributed by atoms with Crippen LogP contribution in [0.15, 0.2) is 18.2 Å². The maximum atomic E-state index is 12.8. The maximum absolute atomic E-state index is 12.8. The highest BCUT2D eigenvalue weighted by atomic mass is 35.5. The molecule has 2 heterocycles. The summed E-state index contributed by atoms with van der Waals surface area (Å²) in [5.74, 6) is -0.0238. The third-order valence-corrected chi connectivity index (χ3v) is 5.97. The number of hydrogen-bond donors (Lipinski definition) is 0. The smallest absolute Gasteiger partial charge is 0.265 e. The number of rotatable bonds is 2. The van der Waals surface area contributed by atoms with Crippen molar-refractivity contribution in [3.8, 4) is 10.6 Å². The number of piperazine rings is 1. The Morgan fingerprint density at radius 1 is 1.08 bits per heavy atom. The van der Waals surface area contributed by atoms with Crippen LogP contribution in [0.25, 0.3) is 10.6 Å². The highest BCUT2D eigenvalue weighted by molar-refractivity contribution is 7.17. The SMILES string of the molecule is CC(=O)N1CCN(C(=O)c2sc(-c3c(Cl)cccc3Cl)nc2C)CC1. The fourth-order valence-electron chi connectivity index (χ4n) is 2.77. The van der Waals surface area contributed by atoms with Gasteiger partial charge in [0.25, 0.3) is 5.91 Å². The standard InChI is InChI=1S/C17H17Cl2N3O2S/c1-10-15(17(24)22-8-6-21(7-9-22)11(2)23)25-16(20-10)14-12(18)4-3-5-13(14)19/h3-5H,6-9H2,1-2H3. The molecular formula is C17H17Cl2N3O2S. The molecule has 0 saturated carbocycles. The summed E-state index contributed by atoms with van der Waals surface area (Å²) < 4.78 is 0. The van der Waals surface area contributed by atoms with Crippen molar-refractivity contribution in [2.24, 2.45) is 0 Å². The first-order chi connectivity index (χ1) is 11.9. The van der Waals surface area contributed by atoms with Crippen molar-refractivity contribution in [3.63, 3.8) is 0 Å². The molecule has 25 heavy (non-hydrogen) atoms. The molecule has 0 unspecified atom stereocenters. The van der Waals surface area contributed by atoms with E-state index >= 15 is 0 Å². The molecule has 0 N–H and O–H groups in total. The predicted octanol–water partition coefficient (Wildman–Crippen LogP) is 3.73. The summed E-state index contributed by atoms with van der Waals surface area (Å²) in [6.07, 6.45) is 0. The van der Waals surface area contributed by atoms with Gasteiger partial charge < -0.3 is 9.80 Å². The highest BCUT2D eigenvalue weighted by Gasteiger charge is 2.27. The molecule has 8 heteroatoms. The van der Waals surface area contributed by atoms with Gasteiger partial charge in [0.15, 0.2) is 0 Å². The van der Waals surface area contributed by atoms with Crippen LogP contribution in [0.1, 0.15) is 22.3 Å². The summed E-state index contributed by atoms with van der Waals surface area (Å²) in [6.45, 7) is 5.52. The Morgan fingerprint density at radius 3 is 2.20 bits per heavy atom. The van der Waals surface area contributed by atoms with Crippen LogP contribution in [0, 0.1) is 6.92 Å². The molecule has 1 aromatic heterocycles. The van der Waals surface area contributed by atoms with E-state index in [0.29, 0.717) is 57.4 Å². The number of carbonyl (C=O) groups excluding carboxylic acids is 2. The van der Waals surface area contributed by atoms with E-state index in [4.69, 9.17) is 23.2 Å². The topological polar surface area (TPSA) is 53.5 Å². The average Bonchev–Trinajstić information content (AvgIpc) is 2.95. The maximum Gasteiger partial charge on any atom is 0.265 e. The van der Waals surface area contributed by atoms with Gasteiger partial charge in [-0.2, -0.15) is 0 Å². The summed E-state index contributed by atoms with van der Waals surface area (Å²) in [7, 11) is 0.